The Morgan fingerprint density at radius 1 is 1.22 bits per heavy atom. The molecule has 1 N–H and O–H groups in total. The van der Waals surface area contributed by atoms with Gasteiger partial charge in [0.05, 0.1) is 3.79 Å². The van der Waals surface area contributed by atoms with Gasteiger partial charge in [-0.1, -0.05) is 6.07 Å². The highest BCUT2D eigenvalue weighted by atomic mass is 79.9. The van der Waals surface area contributed by atoms with Crippen LogP contribution in [0, 0.1) is 18.6 Å². The number of amides is 1. The number of hydrogen-bond acceptors (Lipinski definition) is 2. The lowest BCUT2D eigenvalue weighted by Crippen LogP contribution is -1.99. The Hall–Kier alpha value is -1.27. The zero-order valence-corrected chi connectivity index (χ0v) is 11.8. The van der Waals surface area contributed by atoms with Crippen LogP contribution in [0.5, 0.6) is 0 Å². The maximum absolute atomic E-state index is 12.6. The van der Waals surface area contributed by atoms with Crippen molar-refractivity contribution in [3.05, 3.63) is 50.6 Å². The summed E-state index contributed by atoms with van der Waals surface area (Å²) >= 11 is 5.11. The van der Waals surface area contributed by atoms with Gasteiger partial charge in [0.1, 0.15) is 17.3 Å². The van der Waals surface area contributed by atoms with Crippen LogP contribution in [0.2, 0.25) is 0 Å². The van der Waals surface area contributed by atoms with Crippen LogP contribution < -0.4 is 5.32 Å². The van der Waals surface area contributed by atoms with Crippen molar-refractivity contribution in [3.8, 4) is 0 Å². The summed E-state index contributed by atoms with van der Waals surface area (Å²) in [6.07, 6.45) is 0.224. The Balaban J connectivity index is 0.000000199. The molecule has 18 heavy (non-hydrogen) atoms. The van der Waals surface area contributed by atoms with Gasteiger partial charge in [0.15, 0.2) is 0 Å². The van der Waals surface area contributed by atoms with Crippen LogP contribution >= 0.6 is 27.3 Å². The zero-order chi connectivity index (χ0) is 13.5. The molecule has 0 saturated carbocycles. The molecule has 2 rings (SSSR count). The van der Waals surface area contributed by atoms with Crippen molar-refractivity contribution in [2.24, 2.45) is 0 Å². The first-order valence-electron chi connectivity index (χ1n) is 4.90. The number of hydrogen-bond donors (Lipinski definition) is 1. The fraction of sp³-hybridized carbons (Fsp3) is 0.0833. The van der Waals surface area contributed by atoms with Gasteiger partial charge in [-0.15, -0.1) is 11.3 Å². The van der Waals surface area contributed by atoms with Crippen LogP contribution in [-0.4, -0.2) is 6.41 Å². The smallest absolute Gasteiger partial charge is 0.211 e. The van der Waals surface area contributed by atoms with Crippen LogP contribution in [0.15, 0.2) is 34.1 Å². The number of nitrogens with one attached hydrogen (secondary N) is 1. The first kappa shape index (κ1) is 14.8. The number of thiophene rings is 1. The molecule has 1 heterocycles. The molecule has 0 fully saturated rings. The van der Waals surface area contributed by atoms with Crippen molar-refractivity contribution in [3.63, 3.8) is 0 Å². The van der Waals surface area contributed by atoms with Gasteiger partial charge >= 0.3 is 0 Å². The Morgan fingerprint density at radius 3 is 2.17 bits per heavy atom. The lowest BCUT2D eigenvalue weighted by molar-refractivity contribution is -0.105. The molecule has 96 valence electrons. The minimum absolute atomic E-state index is 0.224. The number of rotatable bonds is 2. The van der Waals surface area contributed by atoms with E-state index in [1.165, 1.54) is 14.7 Å². The van der Waals surface area contributed by atoms with Crippen LogP contribution in [0.1, 0.15) is 4.88 Å². The van der Waals surface area contributed by atoms with E-state index in [4.69, 9.17) is 0 Å². The zero-order valence-electron chi connectivity index (χ0n) is 9.41. The second-order valence-electron chi connectivity index (χ2n) is 3.21. The molecule has 0 unspecified atom stereocenters. The number of carbonyl (C=O) groups excluding carboxylic acids is 1. The van der Waals surface area contributed by atoms with Crippen molar-refractivity contribution in [1.29, 1.82) is 0 Å². The van der Waals surface area contributed by atoms with Crippen molar-refractivity contribution < 1.29 is 13.6 Å². The summed E-state index contributed by atoms with van der Waals surface area (Å²) in [6, 6.07) is 7.50. The van der Waals surface area contributed by atoms with Gasteiger partial charge in [-0.25, -0.2) is 8.78 Å². The topological polar surface area (TPSA) is 29.1 Å². The predicted molar refractivity (Wildman–Crippen MR) is 72.8 cm³/mol. The summed E-state index contributed by atoms with van der Waals surface area (Å²) in [6.45, 7) is 2.09. The molecule has 2 nitrogen and oxygen atoms in total. The van der Waals surface area contributed by atoms with Gasteiger partial charge in [-0.3, -0.25) is 4.79 Å². The number of carbonyl (C=O) groups is 1. The number of anilines is 1. The van der Waals surface area contributed by atoms with Gasteiger partial charge in [0.2, 0.25) is 6.41 Å². The highest BCUT2D eigenvalue weighted by Crippen LogP contribution is 2.20. The third-order valence-corrected chi connectivity index (χ3v) is 3.41. The van der Waals surface area contributed by atoms with Crippen LogP contribution in [-0.2, 0) is 4.79 Å². The van der Waals surface area contributed by atoms with E-state index in [1.807, 2.05) is 5.32 Å². The quantitative estimate of drug-likeness (QED) is 0.813. The van der Waals surface area contributed by atoms with E-state index in [-0.39, 0.29) is 6.41 Å². The maximum Gasteiger partial charge on any atom is 0.211 e. The van der Waals surface area contributed by atoms with Gasteiger partial charge < -0.3 is 5.32 Å². The Morgan fingerprint density at radius 2 is 1.83 bits per heavy atom. The normalized spacial score (nSPS) is 9.33. The summed E-state index contributed by atoms with van der Waals surface area (Å²) in [5.41, 5.74) is -0.414. The summed E-state index contributed by atoms with van der Waals surface area (Å²) in [7, 11) is 0. The highest BCUT2D eigenvalue weighted by molar-refractivity contribution is 9.11. The molecule has 0 saturated heterocycles. The van der Waals surface area contributed by atoms with Crippen molar-refractivity contribution in [1.82, 2.24) is 0 Å². The van der Waals surface area contributed by atoms with Crippen LogP contribution in [0.4, 0.5) is 14.5 Å². The first-order valence-corrected chi connectivity index (χ1v) is 6.51. The van der Waals surface area contributed by atoms with E-state index in [1.54, 1.807) is 11.3 Å². The summed E-state index contributed by atoms with van der Waals surface area (Å²) in [5, 5.41) is 1.91. The molecule has 6 heteroatoms. The molecule has 0 aliphatic carbocycles. The summed E-state index contributed by atoms with van der Waals surface area (Å²) in [5.74, 6) is -1.56. The molecule has 2 aromatic rings. The van der Waals surface area contributed by atoms with E-state index in [0.717, 1.165) is 12.1 Å². The molecule has 0 bridgehead atoms. The monoisotopic (exact) mass is 333 g/mol. The van der Waals surface area contributed by atoms with Crippen LogP contribution in [0.25, 0.3) is 0 Å². The van der Waals surface area contributed by atoms with Crippen molar-refractivity contribution >= 4 is 39.4 Å². The second-order valence-corrected chi connectivity index (χ2v) is 5.88. The summed E-state index contributed by atoms with van der Waals surface area (Å²) in [4.78, 5) is 11.2. The van der Waals surface area contributed by atoms with E-state index in [9.17, 15) is 13.6 Å². The third-order valence-electron chi connectivity index (χ3n) is 1.87. The number of aryl methyl sites for hydroxylation is 1. The first-order chi connectivity index (χ1) is 8.54. The Bertz CT molecular complexity index is 494. The standard InChI is InChI=1S/C7H5F2NO.C5H5BrS/c8-5-2-1-3-6(9)7(5)10-4-11;1-4-2-3-5(6)7-4/h1-4H,(H,10,11);2-3H,1H3. The lowest BCUT2D eigenvalue weighted by atomic mass is 10.3. The average Bonchev–Trinajstić information content (AvgIpc) is 2.69. The molecule has 1 aromatic heterocycles. The molecule has 0 aliphatic heterocycles. The fourth-order valence-electron chi connectivity index (χ4n) is 1.10. The molecule has 1 amide bonds. The number of para-hydroxylation sites is 1. The van der Waals surface area contributed by atoms with E-state index >= 15 is 0 Å². The van der Waals surface area contributed by atoms with Gasteiger partial charge in [0, 0.05) is 4.88 Å². The van der Waals surface area contributed by atoms with Gasteiger partial charge in [-0.05, 0) is 47.1 Å². The highest BCUT2D eigenvalue weighted by Gasteiger charge is 2.05. The SMILES string of the molecule is Cc1ccc(Br)s1.O=CNc1c(F)cccc1F. The lowest BCUT2D eigenvalue weighted by Gasteiger charge is -2.00. The Kier molecular flexibility index (Phi) is 5.94. The number of halogens is 3. The molecule has 1 aromatic carbocycles. The molecule has 0 aliphatic rings. The minimum Gasteiger partial charge on any atom is -0.324 e. The molecule has 0 spiro atoms. The van der Waals surface area contributed by atoms with E-state index < -0.39 is 17.3 Å². The van der Waals surface area contributed by atoms with Crippen molar-refractivity contribution in [2.75, 3.05) is 5.32 Å². The van der Waals surface area contributed by atoms with E-state index in [2.05, 4.69) is 35.0 Å². The van der Waals surface area contributed by atoms with Crippen molar-refractivity contribution in [2.45, 2.75) is 6.92 Å². The molecule has 0 radical (unpaired) electrons. The van der Waals surface area contributed by atoms with Gasteiger partial charge in [0.25, 0.3) is 0 Å². The molecular formula is C12H10BrF2NOS. The second kappa shape index (κ2) is 7.23. The van der Waals surface area contributed by atoms with Crippen LogP contribution in [0.3, 0.4) is 0 Å². The average molecular weight is 334 g/mol. The maximum atomic E-state index is 12.6. The van der Waals surface area contributed by atoms with E-state index in [0.29, 0.717) is 0 Å². The van der Waals surface area contributed by atoms with Gasteiger partial charge in [-0.2, -0.15) is 0 Å². The largest absolute Gasteiger partial charge is 0.324 e. The summed E-state index contributed by atoms with van der Waals surface area (Å²) < 4.78 is 26.4. The predicted octanol–water partition coefficient (Wildman–Crippen LogP) is 4.35. The Labute approximate surface area is 116 Å². The number of benzene rings is 1. The fourth-order valence-corrected chi connectivity index (χ4v) is 2.58. The molecule has 0 atom stereocenters. The minimum atomic E-state index is -0.780. The molecular weight excluding hydrogens is 324 g/mol. The third kappa shape index (κ3) is 4.54.